The number of carbonyl (C=O) groups excluding carboxylic acids is 1. The molecule has 0 aromatic carbocycles. The zero-order valence-corrected chi connectivity index (χ0v) is 10.7. The molecule has 0 aromatic rings. The number of nitrogens with one attached hydrogen (secondary N) is 1. The fourth-order valence-corrected chi connectivity index (χ4v) is 2.12. The highest BCUT2D eigenvalue weighted by Crippen LogP contribution is 2.45. The third kappa shape index (κ3) is 2.55. The number of amides is 1. The van der Waals surface area contributed by atoms with Crippen LogP contribution in [0.3, 0.4) is 0 Å². The Hall–Kier alpha value is -1.04. The van der Waals surface area contributed by atoms with Crippen LogP contribution in [-0.4, -0.2) is 12.5 Å². The largest absolute Gasteiger partial charge is 0.354 e. The van der Waals surface area contributed by atoms with Crippen LogP contribution in [0.5, 0.6) is 0 Å². The molecule has 1 aliphatic rings. The molecule has 0 aromatic heterocycles. The molecule has 1 saturated carbocycles. The van der Waals surface area contributed by atoms with Gasteiger partial charge in [0.25, 0.3) is 0 Å². The van der Waals surface area contributed by atoms with E-state index in [9.17, 15) is 4.79 Å². The van der Waals surface area contributed by atoms with Gasteiger partial charge in [0.05, 0.1) is 6.07 Å². The lowest BCUT2D eigenvalue weighted by molar-refractivity contribution is -0.134. The van der Waals surface area contributed by atoms with Crippen LogP contribution in [0.15, 0.2) is 0 Å². The molecule has 0 saturated heterocycles. The van der Waals surface area contributed by atoms with Gasteiger partial charge in [-0.15, -0.1) is 0 Å². The quantitative estimate of drug-likeness (QED) is 0.793. The molecule has 0 bridgehead atoms. The molecule has 0 spiro atoms. The minimum absolute atomic E-state index is 0.0689. The second-order valence-electron chi connectivity index (χ2n) is 5.64. The van der Waals surface area contributed by atoms with Crippen molar-refractivity contribution in [2.24, 2.45) is 23.2 Å². The fraction of sp³-hybridized carbons (Fsp3) is 0.846. The number of hydrogen-bond donors (Lipinski definition) is 1. The Bertz CT molecular complexity index is 298. The van der Waals surface area contributed by atoms with Crippen LogP contribution in [0.25, 0.3) is 0 Å². The topological polar surface area (TPSA) is 52.9 Å². The monoisotopic (exact) mass is 222 g/mol. The number of rotatable bonds is 4. The first-order chi connectivity index (χ1) is 7.41. The van der Waals surface area contributed by atoms with Crippen molar-refractivity contribution in [2.45, 2.75) is 40.5 Å². The fourth-order valence-electron chi connectivity index (χ4n) is 2.12. The lowest BCUT2D eigenvalue weighted by Gasteiger charge is -2.39. The summed E-state index contributed by atoms with van der Waals surface area (Å²) in [6, 6.07) is 2.19. The van der Waals surface area contributed by atoms with Gasteiger partial charge in [-0.2, -0.15) is 5.26 Å². The molecular weight excluding hydrogens is 200 g/mol. The summed E-state index contributed by atoms with van der Waals surface area (Å²) in [4.78, 5) is 11.9. The first kappa shape index (κ1) is 13.0. The lowest BCUT2D eigenvalue weighted by atomic mass is 9.63. The van der Waals surface area contributed by atoms with Crippen molar-refractivity contribution in [3.05, 3.63) is 0 Å². The highest BCUT2D eigenvalue weighted by atomic mass is 16.2. The second kappa shape index (κ2) is 4.86. The highest BCUT2D eigenvalue weighted by molar-refractivity contribution is 5.86. The molecule has 0 heterocycles. The van der Waals surface area contributed by atoms with Crippen LogP contribution in [0, 0.1) is 34.5 Å². The van der Waals surface area contributed by atoms with Crippen molar-refractivity contribution in [3.8, 4) is 6.07 Å². The smallest absolute Gasteiger partial charge is 0.240 e. The van der Waals surface area contributed by atoms with E-state index < -0.39 is 5.41 Å². The first-order valence-electron chi connectivity index (χ1n) is 6.11. The molecule has 0 radical (unpaired) electrons. The van der Waals surface area contributed by atoms with E-state index in [0.29, 0.717) is 37.1 Å². The maximum Gasteiger partial charge on any atom is 0.240 e. The van der Waals surface area contributed by atoms with Crippen molar-refractivity contribution in [2.75, 3.05) is 6.54 Å². The molecule has 1 rings (SSSR count). The molecule has 1 aliphatic carbocycles. The minimum Gasteiger partial charge on any atom is -0.354 e. The summed E-state index contributed by atoms with van der Waals surface area (Å²) in [7, 11) is 0. The lowest BCUT2D eigenvalue weighted by Crippen LogP contribution is -2.49. The van der Waals surface area contributed by atoms with Crippen LogP contribution in [-0.2, 0) is 4.79 Å². The van der Waals surface area contributed by atoms with E-state index in [1.165, 1.54) is 0 Å². The van der Waals surface area contributed by atoms with Crippen LogP contribution in [0.1, 0.15) is 40.5 Å². The Morgan fingerprint density at radius 3 is 2.44 bits per heavy atom. The zero-order chi connectivity index (χ0) is 12.3. The average molecular weight is 222 g/mol. The molecule has 90 valence electrons. The molecule has 3 nitrogen and oxygen atoms in total. The summed E-state index contributed by atoms with van der Waals surface area (Å²) in [5.41, 5.74) is -0.726. The van der Waals surface area contributed by atoms with Gasteiger partial charge in [-0.3, -0.25) is 4.79 Å². The third-order valence-corrected chi connectivity index (χ3v) is 3.77. The van der Waals surface area contributed by atoms with Crippen molar-refractivity contribution < 1.29 is 4.79 Å². The summed E-state index contributed by atoms with van der Waals surface area (Å²) in [5, 5.41) is 12.0. The molecule has 16 heavy (non-hydrogen) atoms. The average Bonchev–Trinajstić information content (AvgIpc) is 2.20. The molecule has 1 fully saturated rings. The summed E-state index contributed by atoms with van der Waals surface area (Å²) in [6.45, 7) is 9.16. The van der Waals surface area contributed by atoms with Gasteiger partial charge in [-0.1, -0.05) is 27.7 Å². The standard InChI is InChI=1S/C13H22N2O/c1-9(2)11(4)7-15-12(16)13(8-14)5-10(3)6-13/h9-11H,5-7H2,1-4H3,(H,15,16). The van der Waals surface area contributed by atoms with E-state index in [1.807, 2.05) is 0 Å². The Kier molecular flexibility index (Phi) is 3.96. The Morgan fingerprint density at radius 1 is 1.50 bits per heavy atom. The van der Waals surface area contributed by atoms with E-state index >= 15 is 0 Å². The van der Waals surface area contributed by atoms with Gasteiger partial charge in [0.2, 0.25) is 5.91 Å². The van der Waals surface area contributed by atoms with Gasteiger partial charge < -0.3 is 5.32 Å². The van der Waals surface area contributed by atoms with Gasteiger partial charge >= 0.3 is 0 Å². The second-order valence-corrected chi connectivity index (χ2v) is 5.64. The van der Waals surface area contributed by atoms with Crippen LogP contribution in [0.4, 0.5) is 0 Å². The predicted octanol–water partition coefficient (Wildman–Crippen LogP) is 2.33. The molecule has 3 heteroatoms. The van der Waals surface area contributed by atoms with Crippen molar-refractivity contribution in [1.29, 1.82) is 5.26 Å². The van der Waals surface area contributed by atoms with E-state index in [-0.39, 0.29) is 5.91 Å². The molecule has 0 aliphatic heterocycles. The number of hydrogen-bond acceptors (Lipinski definition) is 2. The van der Waals surface area contributed by atoms with E-state index in [4.69, 9.17) is 5.26 Å². The summed E-state index contributed by atoms with van der Waals surface area (Å²) >= 11 is 0. The van der Waals surface area contributed by atoms with Gasteiger partial charge in [-0.05, 0) is 30.6 Å². The zero-order valence-electron chi connectivity index (χ0n) is 10.7. The van der Waals surface area contributed by atoms with Crippen molar-refractivity contribution in [1.82, 2.24) is 5.32 Å². The van der Waals surface area contributed by atoms with E-state index in [1.54, 1.807) is 0 Å². The van der Waals surface area contributed by atoms with Gasteiger partial charge in [-0.25, -0.2) is 0 Å². The Labute approximate surface area is 98.2 Å². The molecule has 1 unspecified atom stereocenters. The normalized spacial score (nSPS) is 30.4. The third-order valence-electron chi connectivity index (χ3n) is 3.77. The number of carbonyl (C=O) groups is 1. The Balaban J connectivity index is 2.44. The summed E-state index contributed by atoms with van der Waals surface area (Å²) in [6.07, 6.45) is 1.43. The van der Waals surface area contributed by atoms with Crippen LogP contribution < -0.4 is 5.32 Å². The van der Waals surface area contributed by atoms with Crippen LogP contribution >= 0.6 is 0 Å². The molecular formula is C13H22N2O. The van der Waals surface area contributed by atoms with Gasteiger partial charge in [0.15, 0.2) is 0 Å². The highest BCUT2D eigenvalue weighted by Gasteiger charge is 2.48. The summed E-state index contributed by atoms with van der Waals surface area (Å²) in [5.74, 6) is 1.45. The first-order valence-corrected chi connectivity index (χ1v) is 6.11. The Morgan fingerprint density at radius 2 is 2.06 bits per heavy atom. The number of nitrogens with zero attached hydrogens (tertiary/aromatic N) is 1. The molecule has 1 amide bonds. The summed E-state index contributed by atoms with van der Waals surface area (Å²) < 4.78 is 0. The van der Waals surface area contributed by atoms with Crippen molar-refractivity contribution >= 4 is 5.91 Å². The van der Waals surface area contributed by atoms with E-state index in [2.05, 4.69) is 39.1 Å². The molecule has 1 atom stereocenters. The number of nitriles is 1. The van der Waals surface area contributed by atoms with E-state index in [0.717, 1.165) is 0 Å². The van der Waals surface area contributed by atoms with Crippen LogP contribution in [0.2, 0.25) is 0 Å². The predicted molar refractivity (Wildman–Crippen MR) is 63.5 cm³/mol. The SMILES string of the molecule is CC1CC(C#N)(C(=O)NCC(C)C(C)C)C1. The van der Waals surface area contributed by atoms with Crippen molar-refractivity contribution in [3.63, 3.8) is 0 Å². The maximum absolute atomic E-state index is 11.9. The van der Waals surface area contributed by atoms with Gasteiger partial charge in [0.1, 0.15) is 5.41 Å². The molecule has 1 N–H and O–H groups in total. The maximum atomic E-state index is 11.9. The minimum atomic E-state index is -0.726. The van der Waals surface area contributed by atoms with Gasteiger partial charge in [0, 0.05) is 6.54 Å².